The molecule has 1 aliphatic rings. The Hall–Kier alpha value is -1.01. The summed E-state index contributed by atoms with van der Waals surface area (Å²) >= 11 is 1.32. The SMILES string of the molecule is CC(C)Oc1c(N)nsc1N(C)CC1(O)CCCC1. The molecule has 19 heavy (non-hydrogen) atoms. The molecular weight excluding hydrogens is 262 g/mol. The van der Waals surface area contributed by atoms with Gasteiger partial charge < -0.3 is 20.5 Å². The highest BCUT2D eigenvalue weighted by molar-refractivity contribution is 7.11. The Morgan fingerprint density at radius 1 is 1.47 bits per heavy atom. The average molecular weight is 285 g/mol. The number of nitrogen functional groups attached to an aromatic ring is 1. The summed E-state index contributed by atoms with van der Waals surface area (Å²) in [5.74, 6) is 1.07. The molecule has 6 heteroatoms. The minimum Gasteiger partial charge on any atom is -0.484 e. The van der Waals surface area contributed by atoms with Crippen LogP contribution in [0.5, 0.6) is 5.75 Å². The summed E-state index contributed by atoms with van der Waals surface area (Å²) < 4.78 is 9.89. The van der Waals surface area contributed by atoms with Gasteiger partial charge in [-0.05, 0) is 38.2 Å². The van der Waals surface area contributed by atoms with Crippen molar-refractivity contribution in [1.82, 2.24) is 4.37 Å². The summed E-state index contributed by atoms with van der Waals surface area (Å²) in [6.07, 6.45) is 3.99. The van der Waals surface area contributed by atoms with E-state index >= 15 is 0 Å². The second-order valence-electron chi connectivity index (χ2n) is 5.66. The number of aromatic nitrogens is 1. The zero-order chi connectivity index (χ0) is 14.0. The predicted molar refractivity (Wildman–Crippen MR) is 79.0 cm³/mol. The summed E-state index contributed by atoms with van der Waals surface area (Å²) in [5, 5.41) is 11.4. The van der Waals surface area contributed by atoms with Crippen LogP contribution in [-0.4, -0.2) is 34.8 Å². The van der Waals surface area contributed by atoms with E-state index < -0.39 is 5.60 Å². The van der Waals surface area contributed by atoms with Crippen LogP contribution >= 0.6 is 11.5 Å². The molecule has 0 amide bonds. The third-order valence-electron chi connectivity index (χ3n) is 3.42. The van der Waals surface area contributed by atoms with E-state index in [0.717, 1.165) is 30.7 Å². The number of aliphatic hydroxyl groups is 1. The van der Waals surface area contributed by atoms with E-state index in [4.69, 9.17) is 10.5 Å². The van der Waals surface area contributed by atoms with Crippen LogP contribution in [0.2, 0.25) is 0 Å². The molecule has 0 atom stereocenters. The molecule has 0 aromatic carbocycles. The zero-order valence-corrected chi connectivity index (χ0v) is 12.7. The van der Waals surface area contributed by atoms with Crippen LogP contribution in [0, 0.1) is 0 Å². The second-order valence-corrected chi connectivity index (χ2v) is 6.41. The fourth-order valence-corrected chi connectivity index (χ4v) is 3.29. The Morgan fingerprint density at radius 2 is 2.11 bits per heavy atom. The van der Waals surface area contributed by atoms with Crippen LogP contribution in [0.1, 0.15) is 39.5 Å². The fraction of sp³-hybridized carbons (Fsp3) is 0.769. The summed E-state index contributed by atoms with van der Waals surface area (Å²) in [6.45, 7) is 4.53. The number of likely N-dealkylation sites (N-methyl/N-ethyl adjacent to an activating group) is 1. The highest BCUT2D eigenvalue weighted by atomic mass is 32.1. The van der Waals surface area contributed by atoms with Crippen molar-refractivity contribution < 1.29 is 9.84 Å². The van der Waals surface area contributed by atoms with Gasteiger partial charge >= 0.3 is 0 Å². The van der Waals surface area contributed by atoms with Gasteiger partial charge in [-0.1, -0.05) is 12.8 Å². The topological polar surface area (TPSA) is 71.6 Å². The maximum absolute atomic E-state index is 10.5. The van der Waals surface area contributed by atoms with Crippen molar-refractivity contribution >= 4 is 22.4 Å². The molecule has 1 aliphatic carbocycles. The quantitative estimate of drug-likeness (QED) is 0.868. The first-order chi connectivity index (χ1) is 8.91. The largest absolute Gasteiger partial charge is 0.484 e. The number of hydrogen-bond acceptors (Lipinski definition) is 6. The number of nitrogens with two attached hydrogens (primary N) is 1. The van der Waals surface area contributed by atoms with Crippen LogP contribution in [-0.2, 0) is 0 Å². The van der Waals surface area contributed by atoms with Crippen molar-refractivity contribution in [2.75, 3.05) is 24.2 Å². The molecular formula is C13H23N3O2S. The third kappa shape index (κ3) is 3.30. The first kappa shape index (κ1) is 14.4. The lowest BCUT2D eigenvalue weighted by Crippen LogP contribution is -2.39. The molecule has 0 unspecified atom stereocenters. The van der Waals surface area contributed by atoms with Gasteiger partial charge in [0.1, 0.15) is 0 Å². The van der Waals surface area contributed by atoms with Gasteiger partial charge in [-0.3, -0.25) is 0 Å². The van der Waals surface area contributed by atoms with Crippen molar-refractivity contribution in [1.29, 1.82) is 0 Å². The van der Waals surface area contributed by atoms with E-state index in [2.05, 4.69) is 4.37 Å². The van der Waals surface area contributed by atoms with E-state index in [-0.39, 0.29) is 6.10 Å². The zero-order valence-electron chi connectivity index (χ0n) is 11.8. The minimum atomic E-state index is -0.581. The number of anilines is 2. The molecule has 1 heterocycles. The second kappa shape index (κ2) is 5.54. The summed E-state index contributed by atoms with van der Waals surface area (Å²) in [6, 6.07) is 0. The van der Waals surface area contributed by atoms with Crippen molar-refractivity contribution in [3.63, 3.8) is 0 Å². The highest BCUT2D eigenvalue weighted by Gasteiger charge is 2.33. The number of hydrogen-bond donors (Lipinski definition) is 2. The summed E-state index contributed by atoms with van der Waals surface area (Å²) in [5.41, 5.74) is 5.27. The summed E-state index contributed by atoms with van der Waals surface area (Å²) in [7, 11) is 1.95. The number of ether oxygens (including phenoxy) is 1. The number of rotatable bonds is 5. The average Bonchev–Trinajstić information content (AvgIpc) is 2.87. The Labute approximate surface area is 118 Å². The van der Waals surface area contributed by atoms with Crippen molar-refractivity contribution in [2.24, 2.45) is 0 Å². The maximum Gasteiger partial charge on any atom is 0.198 e. The molecule has 1 aromatic heterocycles. The lowest BCUT2D eigenvalue weighted by Gasteiger charge is -2.29. The first-order valence-electron chi connectivity index (χ1n) is 6.76. The van der Waals surface area contributed by atoms with Gasteiger partial charge in [-0.25, -0.2) is 0 Å². The van der Waals surface area contributed by atoms with Crippen LogP contribution in [0.25, 0.3) is 0 Å². The number of nitrogens with zero attached hydrogens (tertiary/aromatic N) is 2. The molecule has 2 rings (SSSR count). The monoisotopic (exact) mass is 285 g/mol. The van der Waals surface area contributed by atoms with Gasteiger partial charge in [0.25, 0.3) is 0 Å². The van der Waals surface area contributed by atoms with Crippen LogP contribution in [0.15, 0.2) is 0 Å². The standard InChI is InChI=1S/C13H23N3O2S/c1-9(2)18-10-11(14)15-19-12(10)16(3)8-13(17)6-4-5-7-13/h9,17H,4-8H2,1-3H3,(H2,14,15). The Morgan fingerprint density at radius 3 is 2.68 bits per heavy atom. The van der Waals surface area contributed by atoms with Gasteiger partial charge in [0.15, 0.2) is 16.6 Å². The van der Waals surface area contributed by atoms with E-state index in [9.17, 15) is 5.11 Å². The van der Waals surface area contributed by atoms with E-state index in [1.807, 2.05) is 25.8 Å². The van der Waals surface area contributed by atoms with Crippen molar-refractivity contribution in [3.8, 4) is 5.75 Å². The Bertz CT molecular complexity index is 428. The molecule has 5 nitrogen and oxygen atoms in total. The first-order valence-corrected chi connectivity index (χ1v) is 7.54. The van der Waals surface area contributed by atoms with Crippen molar-refractivity contribution in [2.45, 2.75) is 51.2 Å². The molecule has 0 aliphatic heterocycles. The maximum atomic E-state index is 10.5. The predicted octanol–water partition coefficient (Wildman–Crippen LogP) is 2.25. The molecule has 0 saturated heterocycles. The molecule has 0 bridgehead atoms. The Kier molecular flexibility index (Phi) is 4.20. The molecule has 1 aromatic rings. The normalized spacial score (nSPS) is 17.9. The lowest BCUT2D eigenvalue weighted by atomic mass is 10.0. The Balaban J connectivity index is 2.12. The van der Waals surface area contributed by atoms with E-state index in [1.54, 1.807) is 0 Å². The minimum absolute atomic E-state index is 0.0559. The highest BCUT2D eigenvalue weighted by Crippen LogP contribution is 2.40. The van der Waals surface area contributed by atoms with Gasteiger partial charge in [-0.15, -0.1) is 0 Å². The third-order valence-corrected chi connectivity index (χ3v) is 4.38. The molecule has 0 radical (unpaired) electrons. The van der Waals surface area contributed by atoms with Gasteiger partial charge in [0, 0.05) is 13.6 Å². The van der Waals surface area contributed by atoms with Crippen LogP contribution in [0.3, 0.4) is 0 Å². The molecule has 1 saturated carbocycles. The molecule has 108 valence electrons. The van der Waals surface area contributed by atoms with E-state index in [1.165, 1.54) is 11.5 Å². The smallest absolute Gasteiger partial charge is 0.198 e. The molecule has 0 spiro atoms. The van der Waals surface area contributed by atoms with Crippen LogP contribution in [0.4, 0.5) is 10.8 Å². The fourth-order valence-electron chi connectivity index (χ4n) is 2.58. The molecule has 3 N–H and O–H groups in total. The van der Waals surface area contributed by atoms with Gasteiger partial charge in [0.05, 0.1) is 11.7 Å². The van der Waals surface area contributed by atoms with Gasteiger partial charge in [-0.2, -0.15) is 4.37 Å². The lowest BCUT2D eigenvalue weighted by molar-refractivity contribution is 0.0559. The van der Waals surface area contributed by atoms with Crippen LogP contribution < -0.4 is 15.4 Å². The van der Waals surface area contributed by atoms with E-state index in [0.29, 0.717) is 18.1 Å². The van der Waals surface area contributed by atoms with Gasteiger partial charge in [0.2, 0.25) is 0 Å². The van der Waals surface area contributed by atoms with Crippen molar-refractivity contribution in [3.05, 3.63) is 0 Å². The summed E-state index contributed by atoms with van der Waals surface area (Å²) in [4.78, 5) is 2.01. The molecule has 1 fully saturated rings.